The molecule has 2 saturated heterocycles. The van der Waals surface area contributed by atoms with Gasteiger partial charge in [0.15, 0.2) is 0 Å². The summed E-state index contributed by atoms with van der Waals surface area (Å²) in [7, 11) is 0. The van der Waals surface area contributed by atoms with Crippen LogP contribution in [-0.4, -0.2) is 49.8 Å². The maximum Gasteiger partial charge on any atom is 0.317 e. The van der Waals surface area contributed by atoms with Gasteiger partial charge >= 0.3 is 6.03 Å². The molecule has 2 amide bonds. The fourth-order valence-corrected chi connectivity index (χ4v) is 3.36. The first-order chi connectivity index (χ1) is 11.3. The van der Waals surface area contributed by atoms with Crippen molar-refractivity contribution in [1.29, 1.82) is 0 Å². The Morgan fingerprint density at radius 2 is 2.04 bits per heavy atom. The lowest BCUT2D eigenvalue weighted by Gasteiger charge is -2.32. The van der Waals surface area contributed by atoms with Gasteiger partial charge in [0, 0.05) is 38.4 Å². The third kappa shape index (κ3) is 3.96. The fraction of sp³-hybridized carbons (Fsp3) is 0.611. The summed E-state index contributed by atoms with van der Waals surface area (Å²) in [5, 5.41) is 3.08. The first-order valence-corrected chi connectivity index (χ1v) is 8.75. The van der Waals surface area contributed by atoms with Crippen molar-refractivity contribution in [1.82, 2.24) is 10.2 Å². The molecule has 126 valence electrons. The van der Waals surface area contributed by atoms with Gasteiger partial charge in [0.1, 0.15) is 0 Å². The number of anilines is 1. The Hall–Kier alpha value is -1.75. The topological polar surface area (TPSA) is 44.8 Å². The van der Waals surface area contributed by atoms with E-state index in [0.717, 1.165) is 19.5 Å². The molecule has 1 aromatic rings. The molecule has 1 atom stereocenters. The van der Waals surface area contributed by atoms with Crippen LogP contribution in [0.4, 0.5) is 10.5 Å². The zero-order valence-corrected chi connectivity index (χ0v) is 14.0. The van der Waals surface area contributed by atoms with Crippen LogP contribution in [-0.2, 0) is 11.3 Å². The lowest BCUT2D eigenvalue weighted by molar-refractivity contribution is -0.0154. The number of hydrogen-bond acceptors (Lipinski definition) is 3. The maximum atomic E-state index is 12.4. The number of carbonyl (C=O) groups excluding carboxylic acids is 1. The van der Waals surface area contributed by atoms with E-state index in [9.17, 15) is 4.79 Å². The number of urea groups is 1. The largest absolute Gasteiger partial charge is 0.375 e. The highest BCUT2D eigenvalue weighted by Gasteiger charge is 2.23. The molecule has 0 unspecified atom stereocenters. The van der Waals surface area contributed by atoms with Gasteiger partial charge in [-0.25, -0.2) is 4.79 Å². The number of morpholine rings is 1. The normalized spacial score (nSPS) is 21.5. The van der Waals surface area contributed by atoms with Crippen LogP contribution in [0.25, 0.3) is 0 Å². The number of nitrogens with zero attached hydrogens (tertiary/aromatic N) is 2. The molecule has 0 spiro atoms. The van der Waals surface area contributed by atoms with Crippen LogP contribution < -0.4 is 10.2 Å². The average Bonchev–Trinajstić information content (AvgIpc) is 3.14. The second-order valence-corrected chi connectivity index (χ2v) is 6.33. The molecule has 0 bridgehead atoms. The molecule has 23 heavy (non-hydrogen) atoms. The summed E-state index contributed by atoms with van der Waals surface area (Å²) in [5.41, 5.74) is 2.46. The van der Waals surface area contributed by atoms with Crippen LogP contribution in [0.2, 0.25) is 0 Å². The third-order valence-electron chi connectivity index (χ3n) is 4.75. The van der Waals surface area contributed by atoms with E-state index in [2.05, 4.69) is 35.3 Å². The molecule has 5 nitrogen and oxygen atoms in total. The van der Waals surface area contributed by atoms with E-state index >= 15 is 0 Å². The standard InChI is InChI=1S/C18H27N3O2/c1-2-16-14-21(11-12-23-16)18(22)19-13-15-7-3-4-8-17(15)20-9-5-6-10-20/h3-4,7-8,16H,2,5-6,9-14H2,1H3,(H,19,22)/t16-/m0/s1. The van der Waals surface area contributed by atoms with Crippen LogP contribution in [0.3, 0.4) is 0 Å². The molecule has 0 radical (unpaired) electrons. The highest BCUT2D eigenvalue weighted by molar-refractivity contribution is 5.74. The number of carbonyl (C=O) groups is 1. The zero-order chi connectivity index (χ0) is 16.1. The predicted molar refractivity (Wildman–Crippen MR) is 91.7 cm³/mol. The molecule has 2 fully saturated rings. The van der Waals surface area contributed by atoms with E-state index < -0.39 is 0 Å². The maximum absolute atomic E-state index is 12.4. The molecular weight excluding hydrogens is 290 g/mol. The summed E-state index contributed by atoms with van der Waals surface area (Å²) < 4.78 is 5.63. The highest BCUT2D eigenvalue weighted by atomic mass is 16.5. The molecule has 2 aliphatic heterocycles. The summed E-state index contributed by atoms with van der Waals surface area (Å²) in [6.07, 6.45) is 3.63. The molecule has 2 heterocycles. The Morgan fingerprint density at radius 1 is 1.26 bits per heavy atom. The molecule has 1 N–H and O–H groups in total. The molecule has 1 aromatic carbocycles. The van der Waals surface area contributed by atoms with Crippen molar-refractivity contribution >= 4 is 11.7 Å². The first-order valence-electron chi connectivity index (χ1n) is 8.75. The molecule has 0 saturated carbocycles. The molecular formula is C18H27N3O2. The Kier molecular flexibility index (Phi) is 5.39. The summed E-state index contributed by atoms with van der Waals surface area (Å²) in [6, 6.07) is 8.41. The van der Waals surface area contributed by atoms with Gasteiger partial charge in [-0.05, 0) is 30.9 Å². The number of benzene rings is 1. The minimum absolute atomic E-state index is 0.0166. The lowest BCUT2D eigenvalue weighted by Crippen LogP contribution is -2.49. The quantitative estimate of drug-likeness (QED) is 0.928. The number of nitrogens with one attached hydrogen (secondary N) is 1. The summed E-state index contributed by atoms with van der Waals surface area (Å²) in [4.78, 5) is 16.7. The minimum atomic E-state index is 0.0166. The van der Waals surface area contributed by atoms with E-state index in [1.54, 1.807) is 0 Å². The summed E-state index contributed by atoms with van der Waals surface area (Å²) in [5.74, 6) is 0. The number of amides is 2. The van der Waals surface area contributed by atoms with Crippen LogP contribution in [0.1, 0.15) is 31.7 Å². The fourth-order valence-electron chi connectivity index (χ4n) is 3.36. The van der Waals surface area contributed by atoms with Gasteiger partial charge in [-0.15, -0.1) is 0 Å². The molecule has 3 rings (SSSR count). The van der Waals surface area contributed by atoms with Crippen molar-refractivity contribution in [3.05, 3.63) is 29.8 Å². The van der Waals surface area contributed by atoms with E-state index in [1.165, 1.54) is 24.1 Å². The van der Waals surface area contributed by atoms with Crippen molar-refractivity contribution in [2.24, 2.45) is 0 Å². The predicted octanol–water partition coefficient (Wildman–Crippen LogP) is 2.61. The van der Waals surface area contributed by atoms with E-state index in [0.29, 0.717) is 26.2 Å². The van der Waals surface area contributed by atoms with E-state index in [4.69, 9.17) is 4.74 Å². The zero-order valence-electron chi connectivity index (χ0n) is 14.0. The third-order valence-corrected chi connectivity index (χ3v) is 4.75. The molecule has 0 aromatic heterocycles. The van der Waals surface area contributed by atoms with Gasteiger partial charge in [0.05, 0.1) is 12.7 Å². The Balaban J connectivity index is 1.58. The van der Waals surface area contributed by atoms with Gasteiger partial charge in [-0.3, -0.25) is 0 Å². The summed E-state index contributed by atoms with van der Waals surface area (Å²) >= 11 is 0. The van der Waals surface area contributed by atoms with Crippen LogP contribution in [0.5, 0.6) is 0 Å². The van der Waals surface area contributed by atoms with Crippen molar-refractivity contribution in [2.45, 2.75) is 38.8 Å². The number of hydrogen-bond donors (Lipinski definition) is 1. The van der Waals surface area contributed by atoms with Crippen LogP contribution >= 0.6 is 0 Å². The van der Waals surface area contributed by atoms with Crippen molar-refractivity contribution < 1.29 is 9.53 Å². The van der Waals surface area contributed by atoms with Gasteiger partial charge < -0.3 is 19.9 Å². The number of para-hydroxylation sites is 1. The van der Waals surface area contributed by atoms with Gasteiger partial charge in [-0.2, -0.15) is 0 Å². The van der Waals surface area contributed by atoms with E-state index in [1.807, 2.05) is 11.0 Å². The van der Waals surface area contributed by atoms with Crippen molar-refractivity contribution in [3.8, 4) is 0 Å². The minimum Gasteiger partial charge on any atom is -0.375 e. The van der Waals surface area contributed by atoms with Crippen LogP contribution in [0.15, 0.2) is 24.3 Å². The van der Waals surface area contributed by atoms with Gasteiger partial charge in [0.25, 0.3) is 0 Å². The SMILES string of the molecule is CC[C@H]1CN(C(=O)NCc2ccccc2N2CCCC2)CCO1. The van der Waals surface area contributed by atoms with Crippen LogP contribution in [0, 0.1) is 0 Å². The average molecular weight is 317 g/mol. The highest BCUT2D eigenvalue weighted by Crippen LogP contribution is 2.24. The second-order valence-electron chi connectivity index (χ2n) is 6.33. The van der Waals surface area contributed by atoms with E-state index in [-0.39, 0.29) is 12.1 Å². The molecule has 5 heteroatoms. The number of ether oxygens (including phenoxy) is 1. The Labute approximate surface area is 138 Å². The monoisotopic (exact) mass is 317 g/mol. The Bertz CT molecular complexity index is 529. The van der Waals surface area contributed by atoms with Crippen molar-refractivity contribution in [3.63, 3.8) is 0 Å². The Morgan fingerprint density at radius 3 is 2.83 bits per heavy atom. The van der Waals surface area contributed by atoms with Crippen molar-refractivity contribution in [2.75, 3.05) is 37.7 Å². The first kappa shape index (κ1) is 16.1. The number of rotatable bonds is 4. The molecule has 0 aliphatic carbocycles. The lowest BCUT2D eigenvalue weighted by atomic mass is 10.1. The summed E-state index contributed by atoms with van der Waals surface area (Å²) in [6.45, 7) is 6.92. The molecule has 2 aliphatic rings. The smallest absolute Gasteiger partial charge is 0.317 e. The second kappa shape index (κ2) is 7.68. The van der Waals surface area contributed by atoms with Gasteiger partial charge in [-0.1, -0.05) is 25.1 Å². The van der Waals surface area contributed by atoms with Gasteiger partial charge in [0.2, 0.25) is 0 Å².